The van der Waals surface area contributed by atoms with Crippen molar-refractivity contribution in [1.82, 2.24) is 15.5 Å². The van der Waals surface area contributed by atoms with Gasteiger partial charge >= 0.3 is 6.03 Å². The minimum absolute atomic E-state index is 0.107. The lowest BCUT2D eigenvalue weighted by Crippen LogP contribution is -2.49. The second kappa shape index (κ2) is 10.2. The largest absolute Gasteiger partial charge is 0.454 e. The van der Waals surface area contributed by atoms with Crippen molar-refractivity contribution in [2.75, 3.05) is 17.4 Å². The maximum Gasteiger partial charge on any atom is 0.319 e. The molecular formula is C26H25N5O4S. The Hall–Kier alpha value is -4.18. The molecular weight excluding hydrogens is 478 g/mol. The fraction of sp³-hybridized carbons (Fsp3) is 0.231. The normalized spacial score (nSPS) is 13.7. The third kappa shape index (κ3) is 4.94. The van der Waals surface area contributed by atoms with Gasteiger partial charge in [-0.05, 0) is 35.6 Å². The van der Waals surface area contributed by atoms with Crippen LogP contribution in [0.25, 0.3) is 21.3 Å². The first kappa shape index (κ1) is 23.6. The molecule has 10 heteroatoms. The van der Waals surface area contributed by atoms with E-state index in [4.69, 9.17) is 9.47 Å². The summed E-state index contributed by atoms with van der Waals surface area (Å²) >= 11 is 1.24. The van der Waals surface area contributed by atoms with Crippen molar-refractivity contribution < 1.29 is 19.1 Å². The second-order valence-electron chi connectivity index (χ2n) is 8.46. The minimum Gasteiger partial charge on any atom is -0.454 e. The predicted octanol–water partition coefficient (Wildman–Crippen LogP) is 5.26. The molecule has 9 nitrogen and oxygen atoms in total. The molecule has 0 radical (unpaired) electrons. The molecule has 5 rings (SSSR count). The van der Waals surface area contributed by atoms with E-state index in [1.807, 2.05) is 74.5 Å². The van der Waals surface area contributed by atoms with Crippen molar-refractivity contribution in [2.45, 2.75) is 26.3 Å². The van der Waals surface area contributed by atoms with Crippen LogP contribution in [0.3, 0.4) is 0 Å². The van der Waals surface area contributed by atoms with Crippen LogP contribution in [0.5, 0.6) is 11.5 Å². The molecule has 36 heavy (non-hydrogen) atoms. The van der Waals surface area contributed by atoms with Crippen molar-refractivity contribution >= 4 is 44.9 Å². The number of aromatic nitrogens is 2. The lowest BCUT2D eigenvalue weighted by atomic mass is 9.98. The van der Waals surface area contributed by atoms with Crippen LogP contribution in [0, 0.1) is 5.92 Å². The molecule has 0 saturated carbocycles. The van der Waals surface area contributed by atoms with E-state index >= 15 is 0 Å². The number of hydrogen-bond donors (Lipinski definition) is 3. The molecule has 1 aromatic heterocycles. The Balaban J connectivity index is 1.27. The average Bonchev–Trinajstić information content (AvgIpc) is 3.56. The standard InChI is InChI=1S/C26H25N5O4S/c1-3-15(2)22(28-25(33)27-19-10-6-8-16-7-4-5-9-18(16)19)23(32)29-26-31-30-24(36-26)17-11-12-20-21(13-17)35-14-34-20/h4-13,15,22H,3,14H2,1-2H3,(H2,27,28,33)(H,29,31,32). The van der Waals surface area contributed by atoms with E-state index < -0.39 is 12.1 Å². The van der Waals surface area contributed by atoms with Crippen LogP contribution >= 0.6 is 11.3 Å². The fourth-order valence-corrected chi connectivity index (χ4v) is 4.68. The number of urea groups is 1. The maximum atomic E-state index is 13.2. The lowest BCUT2D eigenvalue weighted by Gasteiger charge is -2.23. The number of nitrogens with one attached hydrogen (secondary N) is 3. The summed E-state index contributed by atoms with van der Waals surface area (Å²) in [6, 6.07) is 17.8. The number of carbonyl (C=O) groups is 2. The molecule has 1 aliphatic heterocycles. The molecule has 3 aromatic carbocycles. The zero-order chi connectivity index (χ0) is 25.1. The van der Waals surface area contributed by atoms with Crippen molar-refractivity contribution in [3.63, 3.8) is 0 Å². The molecule has 0 bridgehead atoms. The SMILES string of the molecule is CCC(C)C(NC(=O)Nc1cccc2ccccc12)C(=O)Nc1nnc(-c2ccc3c(c2)OCO3)s1. The number of anilines is 2. The van der Waals surface area contributed by atoms with E-state index in [1.54, 1.807) is 0 Å². The van der Waals surface area contributed by atoms with Crippen LogP contribution in [0.2, 0.25) is 0 Å². The fourth-order valence-electron chi connectivity index (χ4n) is 3.94. The van der Waals surface area contributed by atoms with E-state index in [-0.39, 0.29) is 18.6 Å². The molecule has 2 atom stereocenters. The summed E-state index contributed by atoms with van der Waals surface area (Å²) in [5, 5.41) is 19.7. The van der Waals surface area contributed by atoms with Gasteiger partial charge in [-0.15, -0.1) is 10.2 Å². The van der Waals surface area contributed by atoms with Crippen LogP contribution in [0.15, 0.2) is 60.7 Å². The Morgan fingerprint density at radius 2 is 1.81 bits per heavy atom. The van der Waals surface area contributed by atoms with Gasteiger partial charge in [0.1, 0.15) is 11.0 Å². The topological polar surface area (TPSA) is 114 Å². The smallest absolute Gasteiger partial charge is 0.319 e. The van der Waals surface area contributed by atoms with E-state index in [9.17, 15) is 9.59 Å². The average molecular weight is 504 g/mol. The highest BCUT2D eigenvalue weighted by Crippen LogP contribution is 2.37. The minimum atomic E-state index is -0.761. The number of amides is 3. The molecule has 2 heterocycles. The molecule has 0 spiro atoms. The quantitative estimate of drug-likeness (QED) is 0.317. The van der Waals surface area contributed by atoms with Gasteiger partial charge in [0, 0.05) is 10.9 Å². The maximum absolute atomic E-state index is 13.2. The molecule has 0 fully saturated rings. The molecule has 3 N–H and O–H groups in total. The van der Waals surface area contributed by atoms with Gasteiger partial charge in [0.05, 0.1) is 5.69 Å². The van der Waals surface area contributed by atoms with Crippen LogP contribution in [0.4, 0.5) is 15.6 Å². The number of nitrogens with zero attached hydrogens (tertiary/aromatic N) is 2. The summed E-state index contributed by atoms with van der Waals surface area (Å²) in [5.41, 5.74) is 1.48. The Morgan fingerprint density at radius 3 is 2.67 bits per heavy atom. The van der Waals surface area contributed by atoms with Crippen LogP contribution in [0.1, 0.15) is 20.3 Å². The summed E-state index contributed by atoms with van der Waals surface area (Å²) in [6.45, 7) is 4.08. The first-order valence-corrected chi connectivity index (χ1v) is 12.4. The van der Waals surface area contributed by atoms with Gasteiger partial charge in [0.15, 0.2) is 11.5 Å². The van der Waals surface area contributed by atoms with Gasteiger partial charge < -0.3 is 20.1 Å². The first-order chi connectivity index (χ1) is 17.5. The molecule has 184 valence electrons. The molecule has 0 aliphatic carbocycles. The summed E-state index contributed by atoms with van der Waals surface area (Å²) in [5.74, 6) is 0.864. The zero-order valence-corrected chi connectivity index (χ0v) is 20.6. The second-order valence-corrected chi connectivity index (χ2v) is 9.44. The van der Waals surface area contributed by atoms with Crippen molar-refractivity contribution in [1.29, 1.82) is 0 Å². The Labute approximate surface area is 211 Å². The first-order valence-electron chi connectivity index (χ1n) is 11.6. The Kier molecular flexibility index (Phi) is 6.68. The Morgan fingerprint density at radius 1 is 1.00 bits per heavy atom. The molecule has 3 amide bonds. The van der Waals surface area contributed by atoms with E-state index in [0.717, 1.165) is 16.3 Å². The summed E-state index contributed by atoms with van der Waals surface area (Å²) in [4.78, 5) is 26.0. The van der Waals surface area contributed by atoms with E-state index in [1.165, 1.54) is 11.3 Å². The van der Waals surface area contributed by atoms with Gasteiger partial charge in [-0.2, -0.15) is 0 Å². The number of carbonyl (C=O) groups excluding carboxylic acids is 2. The van der Waals surface area contributed by atoms with Crippen LogP contribution in [-0.2, 0) is 4.79 Å². The third-order valence-electron chi connectivity index (χ3n) is 6.09. The summed E-state index contributed by atoms with van der Waals surface area (Å²) < 4.78 is 10.8. The third-order valence-corrected chi connectivity index (χ3v) is 6.98. The monoisotopic (exact) mass is 503 g/mol. The van der Waals surface area contributed by atoms with Crippen LogP contribution in [-0.4, -0.2) is 35.0 Å². The number of hydrogen-bond acceptors (Lipinski definition) is 7. The highest BCUT2D eigenvalue weighted by atomic mass is 32.1. The molecule has 2 unspecified atom stereocenters. The van der Waals surface area contributed by atoms with Gasteiger partial charge in [-0.25, -0.2) is 4.79 Å². The predicted molar refractivity (Wildman–Crippen MR) is 139 cm³/mol. The van der Waals surface area contributed by atoms with Crippen molar-refractivity contribution in [2.24, 2.45) is 5.92 Å². The summed E-state index contributed by atoms with van der Waals surface area (Å²) in [7, 11) is 0. The van der Waals surface area contributed by atoms with Crippen molar-refractivity contribution in [3.05, 3.63) is 60.7 Å². The number of rotatable bonds is 7. The molecule has 1 aliphatic rings. The highest BCUT2D eigenvalue weighted by Gasteiger charge is 2.27. The van der Waals surface area contributed by atoms with Gasteiger partial charge in [-0.3, -0.25) is 10.1 Å². The van der Waals surface area contributed by atoms with Gasteiger partial charge in [0.2, 0.25) is 17.8 Å². The highest BCUT2D eigenvalue weighted by molar-refractivity contribution is 7.18. The number of benzene rings is 3. The number of ether oxygens (including phenoxy) is 2. The van der Waals surface area contributed by atoms with Crippen LogP contribution < -0.4 is 25.4 Å². The van der Waals surface area contributed by atoms with E-state index in [2.05, 4.69) is 26.1 Å². The van der Waals surface area contributed by atoms with Crippen molar-refractivity contribution in [3.8, 4) is 22.1 Å². The lowest BCUT2D eigenvalue weighted by molar-refractivity contribution is -0.119. The Bertz CT molecular complexity index is 1420. The number of fused-ring (bicyclic) bond motifs is 2. The van der Waals surface area contributed by atoms with E-state index in [0.29, 0.717) is 33.7 Å². The summed E-state index contributed by atoms with van der Waals surface area (Å²) in [6.07, 6.45) is 0.700. The molecule has 4 aromatic rings. The molecule has 0 saturated heterocycles. The van der Waals surface area contributed by atoms with Gasteiger partial charge in [0.25, 0.3) is 0 Å². The van der Waals surface area contributed by atoms with Gasteiger partial charge in [-0.1, -0.05) is 68.0 Å². The zero-order valence-electron chi connectivity index (χ0n) is 19.8.